The van der Waals surface area contributed by atoms with E-state index in [1.54, 1.807) is 29.2 Å². The van der Waals surface area contributed by atoms with Gasteiger partial charge < -0.3 is 10.6 Å². The summed E-state index contributed by atoms with van der Waals surface area (Å²) in [7, 11) is -3.71. The van der Waals surface area contributed by atoms with Crippen molar-refractivity contribution in [1.29, 1.82) is 0 Å². The van der Waals surface area contributed by atoms with E-state index in [-0.39, 0.29) is 16.8 Å². The van der Waals surface area contributed by atoms with Crippen LogP contribution in [0.2, 0.25) is 0 Å². The molecule has 3 rings (SSSR count). The molecule has 2 aromatic carbocycles. The highest BCUT2D eigenvalue weighted by Gasteiger charge is 2.27. The van der Waals surface area contributed by atoms with E-state index < -0.39 is 15.8 Å². The van der Waals surface area contributed by atoms with Crippen molar-refractivity contribution in [3.8, 4) is 0 Å². The maximum absolute atomic E-state index is 13.0. The maximum atomic E-state index is 13.0. The molecule has 6 nitrogen and oxygen atoms in total. The first kappa shape index (κ1) is 18.3. The minimum absolute atomic E-state index is 0.0271. The van der Waals surface area contributed by atoms with Crippen LogP contribution in [0, 0.1) is 5.82 Å². The van der Waals surface area contributed by atoms with Gasteiger partial charge in [-0.15, -0.1) is 0 Å². The number of rotatable bonds is 4. The molecule has 0 radical (unpaired) electrons. The van der Waals surface area contributed by atoms with Crippen molar-refractivity contribution in [1.82, 2.24) is 9.62 Å². The number of likely N-dealkylation sites (tertiary alicyclic amines) is 1. The van der Waals surface area contributed by atoms with Crippen molar-refractivity contribution in [2.45, 2.75) is 23.8 Å². The molecule has 0 atom stereocenters. The van der Waals surface area contributed by atoms with E-state index in [1.165, 1.54) is 12.1 Å². The number of hydrogen-bond donors (Lipinski definition) is 2. The molecular formula is C18H20FN3O3S. The standard InChI is InChI=1S/C18H20FN3O3S/c19-14-3-7-17(8-4-14)26(24,25)21-16-9-11-22(12-10-16)18(23)13-1-5-15(20)6-2-13/h1-8,16,21H,9-12,20H2. The molecule has 1 heterocycles. The van der Waals surface area contributed by atoms with E-state index in [9.17, 15) is 17.6 Å². The molecular weight excluding hydrogens is 357 g/mol. The summed E-state index contributed by atoms with van der Waals surface area (Å²) in [6.07, 6.45) is 1.03. The number of sulfonamides is 1. The maximum Gasteiger partial charge on any atom is 0.253 e. The molecule has 1 saturated heterocycles. The molecule has 2 aromatic rings. The minimum Gasteiger partial charge on any atom is -0.399 e. The van der Waals surface area contributed by atoms with Gasteiger partial charge in [-0.25, -0.2) is 17.5 Å². The molecule has 1 amide bonds. The average Bonchev–Trinajstić information content (AvgIpc) is 2.62. The molecule has 0 saturated carbocycles. The van der Waals surface area contributed by atoms with E-state index in [0.29, 0.717) is 37.2 Å². The molecule has 0 aliphatic carbocycles. The molecule has 1 aliphatic heterocycles. The fraction of sp³-hybridized carbons (Fsp3) is 0.278. The lowest BCUT2D eigenvalue weighted by molar-refractivity contribution is 0.0711. The van der Waals surface area contributed by atoms with Crippen LogP contribution in [-0.4, -0.2) is 38.4 Å². The summed E-state index contributed by atoms with van der Waals surface area (Å²) in [5, 5.41) is 0. The summed E-state index contributed by atoms with van der Waals surface area (Å²) in [6, 6.07) is 11.1. The van der Waals surface area contributed by atoms with Crippen LogP contribution in [0.1, 0.15) is 23.2 Å². The fourth-order valence-electron chi connectivity index (χ4n) is 2.91. The Hall–Kier alpha value is -2.45. The fourth-order valence-corrected chi connectivity index (χ4v) is 4.21. The molecule has 0 spiro atoms. The number of nitrogens with one attached hydrogen (secondary N) is 1. The van der Waals surface area contributed by atoms with Gasteiger partial charge in [0.15, 0.2) is 0 Å². The van der Waals surface area contributed by atoms with Crippen LogP contribution >= 0.6 is 0 Å². The van der Waals surface area contributed by atoms with Crippen molar-refractivity contribution in [2.24, 2.45) is 0 Å². The average molecular weight is 377 g/mol. The van der Waals surface area contributed by atoms with Crippen LogP contribution in [-0.2, 0) is 10.0 Å². The van der Waals surface area contributed by atoms with Crippen molar-refractivity contribution in [3.63, 3.8) is 0 Å². The van der Waals surface area contributed by atoms with Gasteiger partial charge in [-0.1, -0.05) is 0 Å². The van der Waals surface area contributed by atoms with Crippen LogP contribution in [0.3, 0.4) is 0 Å². The second-order valence-corrected chi connectivity index (χ2v) is 7.98. The van der Waals surface area contributed by atoms with Gasteiger partial charge in [-0.05, 0) is 61.4 Å². The van der Waals surface area contributed by atoms with Gasteiger partial charge in [0, 0.05) is 30.4 Å². The Balaban J connectivity index is 1.59. The summed E-state index contributed by atoms with van der Waals surface area (Å²) >= 11 is 0. The highest BCUT2D eigenvalue weighted by atomic mass is 32.2. The van der Waals surface area contributed by atoms with Crippen LogP contribution in [0.5, 0.6) is 0 Å². The zero-order chi connectivity index (χ0) is 18.7. The van der Waals surface area contributed by atoms with Gasteiger partial charge >= 0.3 is 0 Å². The third kappa shape index (κ3) is 4.20. The van der Waals surface area contributed by atoms with Crippen LogP contribution < -0.4 is 10.5 Å². The molecule has 3 N–H and O–H groups in total. The van der Waals surface area contributed by atoms with Crippen LogP contribution in [0.25, 0.3) is 0 Å². The Morgan fingerprint density at radius 1 is 1.04 bits per heavy atom. The zero-order valence-electron chi connectivity index (χ0n) is 14.1. The molecule has 138 valence electrons. The number of benzene rings is 2. The summed E-state index contributed by atoms with van der Waals surface area (Å²) in [5.74, 6) is -0.580. The Kier molecular flexibility index (Phi) is 5.24. The number of halogens is 1. The first-order valence-corrected chi connectivity index (χ1v) is 9.76. The minimum atomic E-state index is -3.71. The summed E-state index contributed by atoms with van der Waals surface area (Å²) in [6.45, 7) is 0.916. The summed E-state index contributed by atoms with van der Waals surface area (Å²) in [4.78, 5) is 14.2. The van der Waals surface area contributed by atoms with E-state index in [1.807, 2.05) is 0 Å². The number of nitrogens with two attached hydrogens (primary N) is 1. The summed E-state index contributed by atoms with van der Waals surface area (Å²) < 4.78 is 40.3. The topological polar surface area (TPSA) is 92.5 Å². The van der Waals surface area contributed by atoms with E-state index in [4.69, 9.17) is 5.73 Å². The lowest BCUT2D eigenvalue weighted by Crippen LogP contribution is -2.46. The molecule has 1 fully saturated rings. The highest BCUT2D eigenvalue weighted by Crippen LogP contribution is 2.18. The largest absolute Gasteiger partial charge is 0.399 e. The monoisotopic (exact) mass is 377 g/mol. The number of carbonyl (C=O) groups excluding carboxylic acids is 1. The molecule has 0 unspecified atom stereocenters. The SMILES string of the molecule is Nc1ccc(C(=O)N2CCC(NS(=O)(=O)c3ccc(F)cc3)CC2)cc1. The second-order valence-electron chi connectivity index (χ2n) is 6.26. The van der Waals surface area contributed by atoms with Crippen molar-refractivity contribution >= 4 is 21.6 Å². The Labute approximate surface area is 151 Å². The third-order valence-corrected chi connectivity index (χ3v) is 5.92. The highest BCUT2D eigenvalue weighted by molar-refractivity contribution is 7.89. The summed E-state index contributed by atoms with van der Waals surface area (Å²) in [5.41, 5.74) is 6.78. The van der Waals surface area contributed by atoms with Gasteiger partial charge in [-0.2, -0.15) is 0 Å². The number of piperidine rings is 1. The number of nitrogen functional groups attached to an aromatic ring is 1. The Morgan fingerprint density at radius 2 is 1.62 bits per heavy atom. The third-order valence-electron chi connectivity index (χ3n) is 4.39. The van der Waals surface area contributed by atoms with Crippen molar-refractivity contribution in [2.75, 3.05) is 18.8 Å². The number of hydrogen-bond acceptors (Lipinski definition) is 4. The van der Waals surface area contributed by atoms with Crippen molar-refractivity contribution in [3.05, 3.63) is 59.9 Å². The molecule has 0 aromatic heterocycles. The predicted molar refractivity (Wildman–Crippen MR) is 96.5 cm³/mol. The molecule has 1 aliphatic rings. The first-order valence-electron chi connectivity index (χ1n) is 8.28. The van der Waals surface area contributed by atoms with E-state index >= 15 is 0 Å². The molecule has 8 heteroatoms. The second kappa shape index (κ2) is 7.43. The number of carbonyl (C=O) groups is 1. The normalized spacial score (nSPS) is 15.8. The Morgan fingerprint density at radius 3 is 2.19 bits per heavy atom. The van der Waals surface area contributed by atoms with Gasteiger partial charge in [-0.3, -0.25) is 4.79 Å². The van der Waals surface area contributed by atoms with Gasteiger partial charge in [0.05, 0.1) is 4.90 Å². The number of nitrogens with zero attached hydrogens (tertiary/aromatic N) is 1. The van der Waals surface area contributed by atoms with Gasteiger partial charge in [0.1, 0.15) is 5.82 Å². The van der Waals surface area contributed by atoms with E-state index in [2.05, 4.69) is 4.72 Å². The lowest BCUT2D eigenvalue weighted by Gasteiger charge is -2.32. The molecule has 0 bridgehead atoms. The number of anilines is 1. The Bertz CT molecular complexity index is 875. The quantitative estimate of drug-likeness (QED) is 0.797. The smallest absolute Gasteiger partial charge is 0.253 e. The van der Waals surface area contributed by atoms with Gasteiger partial charge in [0.25, 0.3) is 5.91 Å². The van der Waals surface area contributed by atoms with Crippen LogP contribution in [0.4, 0.5) is 10.1 Å². The van der Waals surface area contributed by atoms with Crippen molar-refractivity contribution < 1.29 is 17.6 Å². The van der Waals surface area contributed by atoms with Gasteiger partial charge in [0.2, 0.25) is 10.0 Å². The van der Waals surface area contributed by atoms with Crippen LogP contribution in [0.15, 0.2) is 53.4 Å². The number of amides is 1. The molecule has 26 heavy (non-hydrogen) atoms. The predicted octanol–water partition coefficient (Wildman–Crippen LogP) is 1.99. The lowest BCUT2D eigenvalue weighted by atomic mass is 10.0. The zero-order valence-corrected chi connectivity index (χ0v) is 14.9. The first-order chi connectivity index (χ1) is 12.3. The van der Waals surface area contributed by atoms with E-state index in [0.717, 1.165) is 12.1 Å².